The Bertz CT molecular complexity index is 844. The summed E-state index contributed by atoms with van der Waals surface area (Å²) in [6.45, 7) is 6.69. The molecule has 0 radical (unpaired) electrons. The van der Waals surface area contributed by atoms with Crippen LogP contribution in [0.1, 0.15) is 56.8 Å². The molecule has 3 atom stereocenters. The number of hydrogen-bond donors (Lipinski definition) is 3. The Morgan fingerprint density at radius 3 is 2.75 bits per heavy atom. The van der Waals surface area contributed by atoms with Gasteiger partial charge in [-0.25, -0.2) is 4.79 Å². The third-order valence-electron chi connectivity index (χ3n) is 5.67. The normalized spacial score (nSPS) is 22.7. The van der Waals surface area contributed by atoms with Crippen molar-refractivity contribution in [1.29, 1.82) is 0 Å². The SMILES string of the molecule is CCCNC(=O)C[C@H]1CC[C@@H]2[C@H](COc3ccc(NC(=O)NC(C)C)cc3C(=O)N2C)O1. The number of likely N-dealkylation sites (N-methyl/N-ethyl adjacent to an activating group) is 1. The molecule has 9 nitrogen and oxygen atoms in total. The first kappa shape index (κ1) is 23.8. The molecule has 2 heterocycles. The topological polar surface area (TPSA) is 109 Å². The summed E-state index contributed by atoms with van der Waals surface area (Å²) < 4.78 is 12.1. The van der Waals surface area contributed by atoms with Crippen molar-refractivity contribution < 1.29 is 23.9 Å². The smallest absolute Gasteiger partial charge is 0.319 e. The summed E-state index contributed by atoms with van der Waals surface area (Å²) in [5, 5.41) is 8.39. The van der Waals surface area contributed by atoms with Crippen molar-refractivity contribution in [3.63, 3.8) is 0 Å². The molecule has 32 heavy (non-hydrogen) atoms. The van der Waals surface area contributed by atoms with Crippen LogP contribution in [0, 0.1) is 0 Å². The highest BCUT2D eigenvalue weighted by Crippen LogP contribution is 2.32. The van der Waals surface area contributed by atoms with Crippen molar-refractivity contribution in [2.75, 3.05) is 25.5 Å². The molecule has 0 spiro atoms. The number of carbonyl (C=O) groups excluding carboxylic acids is 3. The van der Waals surface area contributed by atoms with Crippen LogP contribution in [-0.2, 0) is 9.53 Å². The summed E-state index contributed by atoms with van der Waals surface area (Å²) in [7, 11) is 1.76. The van der Waals surface area contributed by atoms with E-state index in [1.807, 2.05) is 20.8 Å². The van der Waals surface area contributed by atoms with Crippen LogP contribution in [0.4, 0.5) is 10.5 Å². The molecule has 1 aromatic rings. The van der Waals surface area contributed by atoms with Crippen LogP contribution in [0.3, 0.4) is 0 Å². The Hall–Kier alpha value is -2.81. The van der Waals surface area contributed by atoms with Crippen molar-refractivity contribution in [3.8, 4) is 5.75 Å². The monoisotopic (exact) mass is 446 g/mol. The van der Waals surface area contributed by atoms with Gasteiger partial charge in [-0.15, -0.1) is 0 Å². The second kappa shape index (κ2) is 10.7. The van der Waals surface area contributed by atoms with Gasteiger partial charge in [-0.2, -0.15) is 0 Å². The molecule has 1 aromatic carbocycles. The molecule has 0 unspecified atom stereocenters. The van der Waals surface area contributed by atoms with E-state index in [0.717, 1.165) is 12.8 Å². The minimum absolute atomic E-state index is 0.000203. The van der Waals surface area contributed by atoms with Gasteiger partial charge < -0.3 is 30.3 Å². The molecule has 0 bridgehead atoms. The zero-order valence-electron chi connectivity index (χ0n) is 19.3. The van der Waals surface area contributed by atoms with E-state index in [2.05, 4.69) is 16.0 Å². The van der Waals surface area contributed by atoms with Gasteiger partial charge in [-0.1, -0.05) is 6.92 Å². The molecule has 4 amide bonds. The van der Waals surface area contributed by atoms with Gasteiger partial charge >= 0.3 is 6.03 Å². The van der Waals surface area contributed by atoms with Gasteiger partial charge in [-0.3, -0.25) is 9.59 Å². The molecule has 2 aliphatic heterocycles. The first-order valence-corrected chi connectivity index (χ1v) is 11.3. The number of anilines is 1. The average Bonchev–Trinajstić information content (AvgIpc) is 2.74. The summed E-state index contributed by atoms with van der Waals surface area (Å²) >= 11 is 0. The zero-order valence-corrected chi connectivity index (χ0v) is 19.3. The first-order chi connectivity index (χ1) is 15.3. The second-order valence-electron chi connectivity index (χ2n) is 8.69. The number of nitrogens with one attached hydrogen (secondary N) is 3. The molecule has 2 aliphatic rings. The number of fused-ring (bicyclic) bond motifs is 2. The Kier molecular flexibility index (Phi) is 7.95. The lowest BCUT2D eigenvalue weighted by atomic mass is 9.94. The van der Waals surface area contributed by atoms with Crippen LogP contribution in [0.5, 0.6) is 5.75 Å². The van der Waals surface area contributed by atoms with E-state index >= 15 is 0 Å². The van der Waals surface area contributed by atoms with E-state index in [0.29, 0.717) is 36.4 Å². The van der Waals surface area contributed by atoms with Crippen LogP contribution >= 0.6 is 0 Å². The average molecular weight is 447 g/mol. The highest BCUT2D eigenvalue weighted by Gasteiger charge is 2.39. The molecule has 0 aromatic heterocycles. The minimum Gasteiger partial charge on any atom is -0.490 e. The Balaban J connectivity index is 1.70. The summed E-state index contributed by atoms with van der Waals surface area (Å²) in [4.78, 5) is 39.0. The third-order valence-corrected chi connectivity index (χ3v) is 5.67. The van der Waals surface area contributed by atoms with Gasteiger partial charge in [-0.05, 0) is 51.3 Å². The maximum Gasteiger partial charge on any atom is 0.319 e. The van der Waals surface area contributed by atoms with Gasteiger partial charge in [0.15, 0.2) is 0 Å². The van der Waals surface area contributed by atoms with Gasteiger partial charge in [0.25, 0.3) is 5.91 Å². The van der Waals surface area contributed by atoms with Crippen LogP contribution in [0.25, 0.3) is 0 Å². The van der Waals surface area contributed by atoms with Crippen molar-refractivity contribution in [1.82, 2.24) is 15.5 Å². The summed E-state index contributed by atoms with van der Waals surface area (Å²) in [5.74, 6) is 0.241. The Labute approximate surface area is 189 Å². The van der Waals surface area contributed by atoms with E-state index in [9.17, 15) is 14.4 Å². The number of nitrogens with zero attached hydrogens (tertiary/aromatic N) is 1. The number of rotatable bonds is 6. The fourth-order valence-corrected chi connectivity index (χ4v) is 4.08. The minimum atomic E-state index is -0.331. The van der Waals surface area contributed by atoms with E-state index in [4.69, 9.17) is 9.47 Å². The lowest BCUT2D eigenvalue weighted by molar-refractivity contribution is -0.134. The number of benzene rings is 1. The molecule has 0 aliphatic carbocycles. The molecular formula is C23H34N4O5. The number of urea groups is 1. The Morgan fingerprint density at radius 2 is 2.03 bits per heavy atom. The maximum absolute atomic E-state index is 13.2. The fourth-order valence-electron chi connectivity index (χ4n) is 4.08. The van der Waals surface area contributed by atoms with Crippen molar-refractivity contribution in [3.05, 3.63) is 23.8 Å². The van der Waals surface area contributed by atoms with Crippen LogP contribution in [0.2, 0.25) is 0 Å². The van der Waals surface area contributed by atoms with Gasteiger partial charge in [0.05, 0.1) is 24.1 Å². The Morgan fingerprint density at radius 1 is 1.25 bits per heavy atom. The summed E-state index contributed by atoms with van der Waals surface area (Å²) in [6, 6.07) is 4.55. The first-order valence-electron chi connectivity index (χ1n) is 11.3. The molecular weight excluding hydrogens is 412 g/mol. The van der Waals surface area contributed by atoms with Gasteiger partial charge in [0.1, 0.15) is 18.5 Å². The van der Waals surface area contributed by atoms with E-state index in [-0.39, 0.29) is 48.7 Å². The summed E-state index contributed by atoms with van der Waals surface area (Å²) in [6.07, 6.45) is 2.12. The van der Waals surface area contributed by atoms with Crippen LogP contribution < -0.4 is 20.7 Å². The van der Waals surface area contributed by atoms with E-state index in [1.54, 1.807) is 30.1 Å². The molecule has 3 N–H and O–H groups in total. The molecule has 176 valence electrons. The van der Waals surface area contributed by atoms with E-state index < -0.39 is 0 Å². The molecule has 0 saturated carbocycles. The standard InChI is InChI=1S/C23H34N4O5/c1-5-10-24-21(28)12-16-7-8-18-20(32-16)13-31-19-9-6-15(26-23(30)25-14(2)3)11-17(19)22(29)27(18)4/h6,9,11,14,16,18,20H,5,7-8,10,12-13H2,1-4H3,(H,24,28)(H2,25,26,30)/t16-,18-,20+/m1/s1. The highest BCUT2D eigenvalue weighted by molar-refractivity contribution is 5.99. The second-order valence-corrected chi connectivity index (χ2v) is 8.69. The van der Waals surface area contributed by atoms with Gasteiger partial charge in [0.2, 0.25) is 5.91 Å². The molecule has 9 heteroatoms. The summed E-state index contributed by atoms with van der Waals surface area (Å²) in [5.41, 5.74) is 0.914. The van der Waals surface area contributed by atoms with Crippen molar-refractivity contribution >= 4 is 23.5 Å². The fraction of sp³-hybridized carbons (Fsp3) is 0.609. The number of hydrogen-bond acceptors (Lipinski definition) is 5. The molecule has 1 fully saturated rings. The van der Waals surface area contributed by atoms with Crippen LogP contribution in [0.15, 0.2) is 18.2 Å². The number of carbonyl (C=O) groups is 3. The predicted molar refractivity (Wildman–Crippen MR) is 121 cm³/mol. The molecule has 1 saturated heterocycles. The largest absolute Gasteiger partial charge is 0.490 e. The zero-order chi connectivity index (χ0) is 23.3. The lowest BCUT2D eigenvalue weighted by Gasteiger charge is -2.42. The lowest BCUT2D eigenvalue weighted by Crippen LogP contribution is -2.54. The van der Waals surface area contributed by atoms with Gasteiger partial charge in [0, 0.05) is 25.3 Å². The van der Waals surface area contributed by atoms with Crippen molar-refractivity contribution in [2.45, 2.75) is 70.7 Å². The van der Waals surface area contributed by atoms with Crippen molar-refractivity contribution in [2.24, 2.45) is 0 Å². The van der Waals surface area contributed by atoms with Crippen LogP contribution in [-0.4, -0.2) is 67.2 Å². The third kappa shape index (κ3) is 5.91. The quantitative estimate of drug-likeness (QED) is 0.622. The number of amides is 4. The maximum atomic E-state index is 13.2. The van der Waals surface area contributed by atoms with E-state index in [1.165, 1.54) is 0 Å². The number of ether oxygens (including phenoxy) is 2. The highest BCUT2D eigenvalue weighted by atomic mass is 16.5. The predicted octanol–water partition coefficient (Wildman–Crippen LogP) is 2.51. The molecule has 3 rings (SSSR count).